The van der Waals surface area contributed by atoms with E-state index in [1.165, 1.54) is 24.2 Å². The van der Waals surface area contributed by atoms with Crippen LogP contribution in [0.25, 0.3) is 5.57 Å². The molecule has 1 saturated heterocycles. The van der Waals surface area contributed by atoms with E-state index in [1.54, 1.807) is 12.3 Å². The highest BCUT2D eigenvalue weighted by Crippen LogP contribution is 2.32. The second kappa shape index (κ2) is 7.06. The Morgan fingerprint density at radius 3 is 2.52 bits per heavy atom. The molecule has 0 aromatic heterocycles. The Kier molecular flexibility index (Phi) is 4.60. The lowest BCUT2D eigenvalue weighted by atomic mass is 9.91. The fraction of sp³-hybridized carbons (Fsp3) is 0.318. The van der Waals surface area contributed by atoms with Gasteiger partial charge in [0.05, 0.1) is 5.57 Å². The van der Waals surface area contributed by atoms with Crippen LogP contribution in [-0.2, 0) is 4.79 Å². The molecule has 1 amide bonds. The zero-order valence-electron chi connectivity index (χ0n) is 15.6. The minimum Gasteiger partial charge on any atom is -0.371 e. The van der Waals surface area contributed by atoms with Crippen molar-refractivity contribution in [1.29, 1.82) is 0 Å². The Hall–Kier alpha value is -2.82. The maximum Gasteiger partial charge on any atom is 0.257 e. The average Bonchev–Trinajstić information content (AvgIpc) is 2.94. The van der Waals surface area contributed by atoms with Crippen molar-refractivity contribution in [2.24, 2.45) is 11.8 Å². The first-order valence-corrected chi connectivity index (χ1v) is 9.42. The lowest BCUT2D eigenvalue weighted by molar-refractivity contribution is -0.110. The van der Waals surface area contributed by atoms with Crippen LogP contribution >= 0.6 is 0 Å². The second-order valence-corrected chi connectivity index (χ2v) is 7.74. The van der Waals surface area contributed by atoms with E-state index in [0.29, 0.717) is 28.7 Å². The van der Waals surface area contributed by atoms with Gasteiger partial charge in [-0.15, -0.1) is 0 Å². The smallest absolute Gasteiger partial charge is 0.257 e. The van der Waals surface area contributed by atoms with Gasteiger partial charge in [-0.3, -0.25) is 4.79 Å². The summed E-state index contributed by atoms with van der Waals surface area (Å²) in [6.45, 7) is 6.78. The van der Waals surface area contributed by atoms with Gasteiger partial charge in [-0.1, -0.05) is 13.8 Å². The second-order valence-electron chi connectivity index (χ2n) is 7.74. The van der Waals surface area contributed by atoms with Crippen molar-refractivity contribution in [2.75, 3.05) is 28.6 Å². The first-order valence-electron chi connectivity index (χ1n) is 9.42. The van der Waals surface area contributed by atoms with Crippen LogP contribution in [0.5, 0.6) is 0 Å². The highest BCUT2D eigenvalue weighted by Gasteiger charge is 2.24. The summed E-state index contributed by atoms with van der Waals surface area (Å²) in [6.07, 6.45) is 2.93. The molecule has 27 heavy (non-hydrogen) atoms. The first-order chi connectivity index (χ1) is 13.0. The number of nitrogens with zero attached hydrogens (tertiary/aromatic N) is 1. The van der Waals surface area contributed by atoms with Crippen molar-refractivity contribution in [1.82, 2.24) is 0 Å². The minimum absolute atomic E-state index is 0.226. The third kappa shape index (κ3) is 3.68. The molecule has 0 aliphatic carbocycles. The van der Waals surface area contributed by atoms with E-state index in [4.69, 9.17) is 0 Å². The third-order valence-electron chi connectivity index (χ3n) is 5.25. The number of carbonyl (C=O) groups is 1. The largest absolute Gasteiger partial charge is 0.371 e. The van der Waals surface area contributed by atoms with Crippen molar-refractivity contribution in [2.45, 2.75) is 20.3 Å². The molecule has 5 heteroatoms. The Balaban J connectivity index is 1.49. The molecule has 2 heterocycles. The zero-order valence-corrected chi connectivity index (χ0v) is 15.6. The predicted octanol–water partition coefficient (Wildman–Crippen LogP) is 4.71. The van der Waals surface area contributed by atoms with E-state index in [1.807, 2.05) is 12.1 Å². The molecule has 2 unspecified atom stereocenters. The number of hydrogen-bond acceptors (Lipinski definition) is 3. The van der Waals surface area contributed by atoms with Gasteiger partial charge in [0, 0.05) is 41.9 Å². The molecule has 1 fully saturated rings. The Morgan fingerprint density at radius 1 is 1.11 bits per heavy atom. The predicted molar refractivity (Wildman–Crippen MR) is 108 cm³/mol. The normalized spacial score (nSPS) is 23.3. The Labute approximate surface area is 159 Å². The van der Waals surface area contributed by atoms with Crippen LogP contribution < -0.4 is 15.5 Å². The summed E-state index contributed by atoms with van der Waals surface area (Å²) in [5, 5.41) is 5.91. The lowest BCUT2D eigenvalue weighted by Crippen LogP contribution is -2.38. The number of amides is 1. The number of hydrogen-bond donors (Lipinski definition) is 2. The van der Waals surface area contributed by atoms with Crippen molar-refractivity contribution in [3.63, 3.8) is 0 Å². The van der Waals surface area contributed by atoms with Crippen LogP contribution in [0.1, 0.15) is 25.8 Å². The Morgan fingerprint density at radius 2 is 1.81 bits per heavy atom. The van der Waals surface area contributed by atoms with E-state index in [-0.39, 0.29) is 11.7 Å². The van der Waals surface area contributed by atoms with E-state index in [9.17, 15) is 9.18 Å². The minimum atomic E-state index is -0.356. The number of nitrogens with one attached hydrogen (secondary N) is 2. The van der Waals surface area contributed by atoms with E-state index in [0.717, 1.165) is 18.8 Å². The molecule has 0 bridgehead atoms. The summed E-state index contributed by atoms with van der Waals surface area (Å²) < 4.78 is 13.5. The molecule has 2 N–H and O–H groups in total. The molecule has 4 rings (SSSR count). The molecule has 0 radical (unpaired) electrons. The summed E-state index contributed by atoms with van der Waals surface area (Å²) in [7, 11) is 0. The molecule has 4 nitrogen and oxygen atoms in total. The number of fused-ring (bicyclic) bond motifs is 1. The molecule has 2 aromatic carbocycles. The number of rotatable bonds is 3. The molecule has 2 aliphatic rings. The van der Waals surface area contributed by atoms with Crippen LogP contribution in [-0.4, -0.2) is 19.0 Å². The van der Waals surface area contributed by atoms with Crippen LogP contribution in [0.2, 0.25) is 0 Å². The zero-order chi connectivity index (χ0) is 19.0. The van der Waals surface area contributed by atoms with Gasteiger partial charge in [-0.25, -0.2) is 4.39 Å². The lowest BCUT2D eigenvalue weighted by Gasteiger charge is -2.36. The molecular weight excluding hydrogens is 341 g/mol. The number of halogens is 1. The molecule has 0 saturated carbocycles. The van der Waals surface area contributed by atoms with Gasteiger partial charge in [0.15, 0.2) is 0 Å². The number of benzene rings is 2. The van der Waals surface area contributed by atoms with E-state index in [2.05, 4.69) is 41.5 Å². The van der Waals surface area contributed by atoms with Crippen molar-refractivity contribution >= 4 is 28.5 Å². The quantitative estimate of drug-likeness (QED) is 0.774. The van der Waals surface area contributed by atoms with E-state index < -0.39 is 0 Å². The summed E-state index contributed by atoms with van der Waals surface area (Å²) in [5.74, 6) is 0.830. The monoisotopic (exact) mass is 365 g/mol. The van der Waals surface area contributed by atoms with E-state index >= 15 is 0 Å². The maximum atomic E-state index is 13.5. The van der Waals surface area contributed by atoms with Gasteiger partial charge in [0.25, 0.3) is 5.91 Å². The van der Waals surface area contributed by atoms with Crippen LogP contribution in [0, 0.1) is 17.7 Å². The fourth-order valence-electron chi connectivity index (χ4n) is 4.10. The molecule has 2 aliphatic heterocycles. The van der Waals surface area contributed by atoms with Gasteiger partial charge in [-0.2, -0.15) is 0 Å². The maximum absolute atomic E-state index is 13.5. The van der Waals surface area contributed by atoms with Gasteiger partial charge < -0.3 is 15.5 Å². The first kappa shape index (κ1) is 17.6. The SMILES string of the molecule is CC1CC(C)CN(c2ccc(NC=C3C(=O)Nc4ccc(F)cc43)cc2)C1. The fourth-order valence-corrected chi connectivity index (χ4v) is 4.10. The van der Waals surface area contributed by atoms with Crippen molar-refractivity contribution < 1.29 is 9.18 Å². The third-order valence-corrected chi connectivity index (χ3v) is 5.25. The molecule has 0 spiro atoms. The highest BCUT2D eigenvalue weighted by atomic mass is 19.1. The summed E-state index contributed by atoms with van der Waals surface area (Å²) >= 11 is 0. The summed E-state index contributed by atoms with van der Waals surface area (Å²) in [4.78, 5) is 14.6. The average molecular weight is 365 g/mol. The van der Waals surface area contributed by atoms with Gasteiger partial charge in [-0.05, 0) is 60.7 Å². The van der Waals surface area contributed by atoms with Crippen LogP contribution in [0.3, 0.4) is 0 Å². The number of carbonyl (C=O) groups excluding carboxylic acids is 1. The Bertz CT molecular complexity index is 881. The van der Waals surface area contributed by atoms with Crippen molar-refractivity contribution in [3.05, 3.63) is 60.0 Å². The van der Waals surface area contributed by atoms with Gasteiger partial charge in [0.2, 0.25) is 0 Å². The van der Waals surface area contributed by atoms with Crippen molar-refractivity contribution in [3.8, 4) is 0 Å². The van der Waals surface area contributed by atoms with Crippen LogP contribution in [0.4, 0.5) is 21.5 Å². The molecule has 2 atom stereocenters. The molecule has 2 aromatic rings. The van der Waals surface area contributed by atoms with Crippen LogP contribution in [0.15, 0.2) is 48.7 Å². The summed E-state index contributed by atoms with van der Waals surface area (Å²) in [6, 6.07) is 12.5. The standard InChI is InChI=1S/C22H24FN3O/c1-14-9-15(2)13-26(12-14)18-6-4-17(5-7-18)24-11-20-19-10-16(23)3-8-21(19)25-22(20)27/h3-8,10-11,14-15,24H,9,12-13H2,1-2H3,(H,25,27). The molecule has 140 valence electrons. The number of anilines is 3. The van der Waals surface area contributed by atoms with Gasteiger partial charge in [0.1, 0.15) is 5.82 Å². The molecular formula is C22H24FN3O. The van der Waals surface area contributed by atoms with Gasteiger partial charge >= 0.3 is 0 Å². The highest BCUT2D eigenvalue weighted by molar-refractivity contribution is 6.31. The number of piperidine rings is 1. The summed E-state index contributed by atoms with van der Waals surface area (Å²) in [5.41, 5.74) is 3.77. The topological polar surface area (TPSA) is 44.4 Å².